The van der Waals surface area contributed by atoms with E-state index >= 15 is 0 Å². The molecule has 17 heavy (non-hydrogen) atoms. The molecule has 0 aromatic carbocycles. The smallest absolute Gasteiger partial charge is 0.214 e. The molecule has 1 saturated heterocycles. The van der Waals surface area contributed by atoms with Crippen LogP contribution >= 0.6 is 11.3 Å². The number of piperazine rings is 1. The Morgan fingerprint density at radius 2 is 2.12 bits per heavy atom. The van der Waals surface area contributed by atoms with Gasteiger partial charge in [-0.05, 0) is 18.4 Å². The molecule has 4 nitrogen and oxygen atoms in total. The molecule has 0 unspecified atom stereocenters. The second-order valence-corrected chi connectivity index (χ2v) is 7.60. The normalized spacial score (nSPS) is 19.6. The predicted octanol–water partition coefficient (Wildman–Crippen LogP) is -0.202. The summed E-state index contributed by atoms with van der Waals surface area (Å²) >= 11 is 1.77. The average molecular weight is 275 g/mol. The molecule has 1 fully saturated rings. The van der Waals surface area contributed by atoms with E-state index in [1.807, 2.05) is 0 Å². The molecule has 1 aromatic rings. The Kier molecular flexibility index (Phi) is 4.19. The van der Waals surface area contributed by atoms with Gasteiger partial charge in [-0.15, -0.1) is 11.3 Å². The van der Waals surface area contributed by atoms with Gasteiger partial charge in [0.1, 0.15) is 6.54 Å². The summed E-state index contributed by atoms with van der Waals surface area (Å²) in [6, 6.07) is 4.21. The fraction of sp³-hybridized carbons (Fsp3) is 0.636. The van der Waals surface area contributed by atoms with Gasteiger partial charge < -0.3 is 4.90 Å². The van der Waals surface area contributed by atoms with Crippen LogP contribution < -0.4 is 4.90 Å². The summed E-state index contributed by atoms with van der Waals surface area (Å²) in [7, 11) is -2.98. The number of rotatable bonds is 4. The van der Waals surface area contributed by atoms with Crippen molar-refractivity contribution in [1.29, 1.82) is 0 Å². The molecule has 1 aliphatic heterocycles. The number of quaternary nitrogens is 1. The van der Waals surface area contributed by atoms with Crippen LogP contribution in [0.3, 0.4) is 0 Å². The number of sulfonamides is 1. The molecule has 2 heterocycles. The van der Waals surface area contributed by atoms with Crippen molar-refractivity contribution < 1.29 is 13.3 Å². The molecule has 1 aromatic heterocycles. The molecule has 0 aliphatic carbocycles. The van der Waals surface area contributed by atoms with Crippen molar-refractivity contribution in [3.8, 4) is 0 Å². The van der Waals surface area contributed by atoms with Crippen molar-refractivity contribution >= 4 is 21.4 Å². The molecule has 0 atom stereocenters. The van der Waals surface area contributed by atoms with Crippen LogP contribution in [-0.2, 0) is 16.6 Å². The Hall–Kier alpha value is -0.430. The highest BCUT2D eigenvalue weighted by atomic mass is 32.2. The molecule has 0 bridgehead atoms. The van der Waals surface area contributed by atoms with Crippen LogP contribution in [0.4, 0.5) is 0 Å². The first-order chi connectivity index (χ1) is 8.12. The lowest BCUT2D eigenvalue weighted by Gasteiger charge is -2.31. The standard InChI is InChI=1S/C11H18N2O2S2/c1-2-17(14,15)13-7-5-12(6-8-13)10-11-4-3-9-16-11/h3-4,9H,2,5-8,10H2,1H3/p+1. The van der Waals surface area contributed by atoms with E-state index in [4.69, 9.17) is 0 Å². The van der Waals surface area contributed by atoms with Crippen molar-refractivity contribution in [2.75, 3.05) is 31.9 Å². The summed E-state index contributed by atoms with van der Waals surface area (Å²) in [6.07, 6.45) is 0. The molecule has 96 valence electrons. The van der Waals surface area contributed by atoms with Gasteiger partial charge in [-0.25, -0.2) is 8.42 Å². The summed E-state index contributed by atoms with van der Waals surface area (Å²) in [5, 5.41) is 2.09. The average Bonchev–Trinajstić information content (AvgIpc) is 2.83. The molecule has 1 aliphatic rings. The fourth-order valence-electron chi connectivity index (χ4n) is 2.10. The Morgan fingerprint density at radius 1 is 1.41 bits per heavy atom. The van der Waals surface area contributed by atoms with Crippen molar-refractivity contribution in [2.45, 2.75) is 13.5 Å². The molecule has 0 amide bonds. The zero-order chi connectivity index (χ0) is 12.3. The minimum atomic E-state index is -2.98. The van der Waals surface area contributed by atoms with Gasteiger partial charge in [0.15, 0.2) is 0 Å². The molecule has 6 heteroatoms. The summed E-state index contributed by atoms with van der Waals surface area (Å²) in [5.41, 5.74) is 0. The molecular formula is C11H19N2O2S2+. The van der Waals surface area contributed by atoms with Crippen LogP contribution in [0.25, 0.3) is 0 Å². The van der Waals surface area contributed by atoms with E-state index in [0.717, 1.165) is 19.6 Å². The van der Waals surface area contributed by atoms with Gasteiger partial charge in [-0.3, -0.25) is 0 Å². The van der Waals surface area contributed by atoms with E-state index in [1.165, 1.54) is 9.78 Å². The first-order valence-electron chi connectivity index (χ1n) is 5.95. The summed E-state index contributed by atoms with van der Waals surface area (Å²) in [6.45, 7) is 5.89. The van der Waals surface area contributed by atoms with Crippen molar-refractivity contribution in [3.63, 3.8) is 0 Å². The maximum atomic E-state index is 11.7. The van der Waals surface area contributed by atoms with Crippen molar-refractivity contribution in [1.82, 2.24) is 4.31 Å². The number of nitrogens with zero attached hydrogens (tertiary/aromatic N) is 1. The highest BCUT2D eigenvalue weighted by Crippen LogP contribution is 2.07. The highest BCUT2D eigenvalue weighted by molar-refractivity contribution is 7.89. The fourth-order valence-corrected chi connectivity index (χ4v) is 3.98. The minimum Gasteiger partial charge on any atom is -0.328 e. The lowest BCUT2D eigenvalue weighted by Crippen LogP contribution is -3.13. The second kappa shape index (κ2) is 5.48. The van der Waals surface area contributed by atoms with Crippen LogP contribution in [0, 0.1) is 0 Å². The van der Waals surface area contributed by atoms with Crippen LogP contribution in [0.1, 0.15) is 11.8 Å². The summed E-state index contributed by atoms with van der Waals surface area (Å²) < 4.78 is 25.0. The summed E-state index contributed by atoms with van der Waals surface area (Å²) in [5.74, 6) is 0.216. The third kappa shape index (κ3) is 3.28. The third-order valence-electron chi connectivity index (χ3n) is 3.19. The van der Waals surface area contributed by atoms with Crippen molar-refractivity contribution in [2.24, 2.45) is 0 Å². The van der Waals surface area contributed by atoms with Crippen LogP contribution in [-0.4, -0.2) is 44.7 Å². The van der Waals surface area contributed by atoms with E-state index in [-0.39, 0.29) is 5.75 Å². The third-order valence-corrected chi connectivity index (χ3v) is 5.95. The maximum absolute atomic E-state index is 11.7. The minimum absolute atomic E-state index is 0.216. The first-order valence-corrected chi connectivity index (χ1v) is 8.44. The van der Waals surface area contributed by atoms with Crippen LogP contribution in [0.2, 0.25) is 0 Å². The summed E-state index contributed by atoms with van der Waals surface area (Å²) in [4.78, 5) is 2.86. The molecule has 1 N–H and O–H groups in total. The molecule has 2 rings (SSSR count). The Bertz CT molecular complexity index is 434. The molecule has 0 radical (unpaired) electrons. The van der Waals surface area contributed by atoms with E-state index in [1.54, 1.807) is 22.6 Å². The van der Waals surface area contributed by atoms with Crippen molar-refractivity contribution in [3.05, 3.63) is 22.4 Å². The molecule has 0 saturated carbocycles. The van der Waals surface area contributed by atoms with Gasteiger partial charge in [0, 0.05) is 0 Å². The number of nitrogens with one attached hydrogen (secondary N) is 1. The number of thiophene rings is 1. The van der Waals surface area contributed by atoms with Gasteiger partial charge in [0.25, 0.3) is 0 Å². The number of hydrogen-bond donors (Lipinski definition) is 1. The first kappa shape index (κ1) is 13.0. The van der Waals surface area contributed by atoms with E-state index in [0.29, 0.717) is 13.1 Å². The largest absolute Gasteiger partial charge is 0.328 e. The highest BCUT2D eigenvalue weighted by Gasteiger charge is 2.27. The Balaban J connectivity index is 1.86. The predicted molar refractivity (Wildman–Crippen MR) is 69.8 cm³/mol. The zero-order valence-electron chi connectivity index (χ0n) is 10.1. The SMILES string of the molecule is CCS(=O)(=O)N1CC[NH+](Cc2cccs2)CC1. The van der Waals surface area contributed by atoms with E-state index in [2.05, 4.69) is 17.5 Å². The second-order valence-electron chi connectivity index (χ2n) is 4.31. The van der Waals surface area contributed by atoms with Gasteiger partial charge >= 0.3 is 0 Å². The zero-order valence-corrected chi connectivity index (χ0v) is 11.7. The maximum Gasteiger partial charge on any atom is 0.214 e. The topological polar surface area (TPSA) is 41.8 Å². The van der Waals surface area contributed by atoms with E-state index < -0.39 is 10.0 Å². The monoisotopic (exact) mass is 275 g/mol. The quantitative estimate of drug-likeness (QED) is 0.827. The van der Waals surface area contributed by atoms with Crippen LogP contribution in [0.15, 0.2) is 17.5 Å². The lowest BCUT2D eigenvalue weighted by molar-refractivity contribution is -0.917. The molecule has 0 spiro atoms. The van der Waals surface area contributed by atoms with Gasteiger partial charge in [-0.1, -0.05) is 6.07 Å². The number of hydrogen-bond acceptors (Lipinski definition) is 3. The van der Waals surface area contributed by atoms with Gasteiger partial charge in [-0.2, -0.15) is 4.31 Å². The van der Waals surface area contributed by atoms with Crippen LogP contribution in [0.5, 0.6) is 0 Å². The lowest BCUT2D eigenvalue weighted by atomic mass is 10.3. The Labute approximate surface area is 107 Å². The Morgan fingerprint density at radius 3 is 2.65 bits per heavy atom. The van der Waals surface area contributed by atoms with Gasteiger partial charge in [0.2, 0.25) is 10.0 Å². The van der Waals surface area contributed by atoms with Gasteiger partial charge in [0.05, 0.1) is 36.8 Å². The molecular weight excluding hydrogens is 256 g/mol. The van der Waals surface area contributed by atoms with E-state index in [9.17, 15) is 8.42 Å².